The summed E-state index contributed by atoms with van der Waals surface area (Å²) in [7, 11) is 0. The summed E-state index contributed by atoms with van der Waals surface area (Å²) in [5, 5.41) is 0. The first-order chi connectivity index (χ1) is 39.5. The molecule has 0 heterocycles. The summed E-state index contributed by atoms with van der Waals surface area (Å²) in [5.74, 6) is -0.894. The van der Waals surface area contributed by atoms with Crippen molar-refractivity contribution in [1.82, 2.24) is 0 Å². The minimum Gasteiger partial charge on any atom is -0.462 e. The predicted octanol–water partition coefficient (Wildman–Crippen LogP) is 23.2. The Balaban J connectivity index is 4.31. The van der Waals surface area contributed by atoms with E-state index in [1.54, 1.807) is 0 Å². The molecule has 0 aromatic rings. The number of esters is 3. The van der Waals surface area contributed by atoms with E-state index in [0.29, 0.717) is 19.3 Å². The van der Waals surface area contributed by atoms with Gasteiger partial charge in [-0.2, -0.15) is 0 Å². The van der Waals surface area contributed by atoms with Crippen molar-refractivity contribution >= 4 is 17.9 Å². The molecule has 0 saturated heterocycles. The van der Waals surface area contributed by atoms with Gasteiger partial charge in [0, 0.05) is 19.3 Å². The monoisotopic (exact) mass is 1110 g/mol. The van der Waals surface area contributed by atoms with Gasteiger partial charge in [-0.15, -0.1) is 0 Å². The van der Waals surface area contributed by atoms with Gasteiger partial charge in [-0.1, -0.05) is 284 Å². The summed E-state index contributed by atoms with van der Waals surface area (Å²) < 4.78 is 16.9. The molecule has 0 spiro atoms. The van der Waals surface area contributed by atoms with Crippen LogP contribution in [0, 0.1) is 0 Å². The molecule has 0 fully saturated rings. The lowest BCUT2D eigenvalue weighted by Crippen LogP contribution is -2.30. The molecule has 1 atom stereocenters. The van der Waals surface area contributed by atoms with Crippen LogP contribution in [0.25, 0.3) is 0 Å². The third-order valence-electron chi connectivity index (χ3n) is 14.2. The molecule has 1 unspecified atom stereocenters. The molecule has 0 amide bonds. The van der Waals surface area contributed by atoms with E-state index in [4.69, 9.17) is 14.2 Å². The number of hydrogen-bond donors (Lipinski definition) is 0. The zero-order valence-electron chi connectivity index (χ0n) is 52.3. The topological polar surface area (TPSA) is 78.9 Å². The maximum atomic E-state index is 12.9. The maximum Gasteiger partial charge on any atom is 0.306 e. The number of hydrogen-bond acceptors (Lipinski definition) is 6. The number of rotatable bonds is 60. The molecule has 0 N–H and O–H groups in total. The van der Waals surface area contributed by atoms with E-state index in [0.717, 1.165) is 128 Å². The second-order valence-corrected chi connectivity index (χ2v) is 22.0. The Morgan fingerprint density at radius 3 is 0.775 bits per heavy atom. The van der Waals surface area contributed by atoms with E-state index < -0.39 is 6.10 Å². The van der Waals surface area contributed by atoms with Crippen molar-refractivity contribution in [3.8, 4) is 0 Å². The van der Waals surface area contributed by atoms with Crippen molar-refractivity contribution in [2.24, 2.45) is 0 Å². The molecular weight excluding hydrogens is 985 g/mol. The van der Waals surface area contributed by atoms with Crippen LogP contribution in [0.4, 0.5) is 0 Å². The Hall–Kier alpha value is -4.19. The fraction of sp³-hybridized carbons (Fsp3) is 0.689. The molecule has 0 aliphatic carbocycles. The van der Waals surface area contributed by atoms with Crippen LogP contribution < -0.4 is 0 Å². The number of ether oxygens (including phenoxy) is 3. The highest BCUT2D eigenvalue weighted by molar-refractivity contribution is 5.71. The van der Waals surface area contributed by atoms with Crippen molar-refractivity contribution in [3.05, 3.63) is 122 Å². The third-order valence-corrected chi connectivity index (χ3v) is 14.2. The summed E-state index contributed by atoms with van der Waals surface area (Å²) in [4.78, 5) is 38.4. The van der Waals surface area contributed by atoms with Crippen LogP contribution in [0.1, 0.15) is 310 Å². The van der Waals surface area contributed by atoms with Crippen molar-refractivity contribution in [1.29, 1.82) is 0 Å². The Kier molecular flexibility index (Phi) is 63.8. The molecule has 0 aromatic heterocycles. The van der Waals surface area contributed by atoms with E-state index in [1.165, 1.54) is 141 Å². The SMILES string of the molecule is CC/C=C\C/C=C\C/C=C\C/C=C\C/C=C\CCCCCCCCCCCC(=O)OCC(COC(=O)CCCCCCC/C=C\CCCCC)OC(=O)CCCCCCCCCCCCCC/C=C\C/C=C\C/C=C\C/C=C\CC. The van der Waals surface area contributed by atoms with Crippen LogP contribution in [-0.4, -0.2) is 37.2 Å². The molecule has 0 bridgehead atoms. The predicted molar refractivity (Wildman–Crippen MR) is 348 cm³/mol. The van der Waals surface area contributed by atoms with Gasteiger partial charge in [0.15, 0.2) is 6.10 Å². The molecule has 0 radical (unpaired) electrons. The molecule has 6 heteroatoms. The molecule has 0 rings (SSSR count). The van der Waals surface area contributed by atoms with Gasteiger partial charge in [0.1, 0.15) is 13.2 Å². The normalized spacial score (nSPS) is 12.9. The molecule has 6 nitrogen and oxygen atoms in total. The third kappa shape index (κ3) is 64.6. The minimum atomic E-state index is -0.789. The second-order valence-electron chi connectivity index (χ2n) is 22.0. The summed E-state index contributed by atoms with van der Waals surface area (Å²) in [6, 6.07) is 0. The quantitative estimate of drug-likeness (QED) is 0.0261. The van der Waals surface area contributed by atoms with E-state index >= 15 is 0 Å². The fourth-order valence-corrected chi connectivity index (χ4v) is 9.22. The van der Waals surface area contributed by atoms with E-state index in [9.17, 15) is 14.4 Å². The number of unbranched alkanes of at least 4 members (excludes halogenated alkanes) is 29. The van der Waals surface area contributed by atoms with Gasteiger partial charge in [0.25, 0.3) is 0 Å². The average molecular weight is 1110 g/mol. The minimum absolute atomic E-state index is 0.0853. The fourth-order valence-electron chi connectivity index (χ4n) is 9.22. The Morgan fingerprint density at radius 1 is 0.263 bits per heavy atom. The lowest BCUT2D eigenvalue weighted by molar-refractivity contribution is -0.167. The van der Waals surface area contributed by atoms with Crippen LogP contribution >= 0.6 is 0 Å². The van der Waals surface area contributed by atoms with Crippen LogP contribution in [0.5, 0.6) is 0 Å². The van der Waals surface area contributed by atoms with E-state index in [-0.39, 0.29) is 31.1 Å². The van der Waals surface area contributed by atoms with Gasteiger partial charge in [0.2, 0.25) is 0 Å². The van der Waals surface area contributed by atoms with Crippen LogP contribution in [0.15, 0.2) is 122 Å². The molecule has 456 valence electrons. The van der Waals surface area contributed by atoms with Gasteiger partial charge in [-0.3, -0.25) is 14.4 Å². The van der Waals surface area contributed by atoms with Crippen LogP contribution in [-0.2, 0) is 28.6 Å². The number of allylic oxidation sites excluding steroid dienone is 20. The summed E-state index contributed by atoms with van der Waals surface area (Å²) in [5.41, 5.74) is 0. The van der Waals surface area contributed by atoms with Crippen molar-refractivity contribution < 1.29 is 28.6 Å². The molecular formula is C74H124O6. The first-order valence-electron chi connectivity index (χ1n) is 33.5. The highest BCUT2D eigenvalue weighted by Gasteiger charge is 2.19. The zero-order chi connectivity index (χ0) is 57.8. The van der Waals surface area contributed by atoms with Gasteiger partial charge < -0.3 is 14.2 Å². The lowest BCUT2D eigenvalue weighted by Gasteiger charge is -2.18. The highest BCUT2D eigenvalue weighted by atomic mass is 16.6. The van der Waals surface area contributed by atoms with Gasteiger partial charge in [0.05, 0.1) is 0 Å². The lowest BCUT2D eigenvalue weighted by atomic mass is 10.0. The Bertz CT molecular complexity index is 1650. The van der Waals surface area contributed by atoms with Crippen molar-refractivity contribution in [3.63, 3.8) is 0 Å². The number of carbonyl (C=O) groups excluding carboxylic acids is 3. The number of carbonyl (C=O) groups is 3. The van der Waals surface area contributed by atoms with Gasteiger partial charge >= 0.3 is 17.9 Å². The molecule has 0 aliphatic heterocycles. The highest BCUT2D eigenvalue weighted by Crippen LogP contribution is 2.16. The Morgan fingerprint density at radius 2 is 0.487 bits per heavy atom. The summed E-state index contributed by atoms with van der Waals surface area (Å²) >= 11 is 0. The standard InChI is InChI=1S/C74H124O6/c1-4-7-10-13-16-19-22-25-27-29-31-33-35-37-39-41-43-45-47-49-52-55-58-61-64-67-73(76)79-70-71(69-78-72(75)66-63-60-57-54-51-24-21-18-15-12-9-6-3)80-74(77)68-65-62-59-56-53-50-48-46-44-42-40-38-36-34-32-30-28-26-23-20-17-14-11-8-5-2/h7-8,10-11,16-21,25-28,31-34,37,39,71H,4-6,9,12-15,22-24,29-30,35-36,38,40-70H2,1-3H3/b10-7-,11-8-,19-16-,20-17-,21-18-,27-25-,28-26-,33-31-,34-32-,39-37-. The van der Waals surface area contributed by atoms with Crippen molar-refractivity contribution in [2.45, 2.75) is 316 Å². The van der Waals surface area contributed by atoms with Crippen molar-refractivity contribution in [2.75, 3.05) is 13.2 Å². The van der Waals surface area contributed by atoms with E-state index in [2.05, 4.69) is 142 Å². The summed E-state index contributed by atoms with van der Waals surface area (Å²) in [6.45, 7) is 6.40. The van der Waals surface area contributed by atoms with Crippen LogP contribution in [0.2, 0.25) is 0 Å². The molecule has 0 aliphatic rings. The van der Waals surface area contributed by atoms with E-state index in [1.807, 2.05) is 0 Å². The van der Waals surface area contributed by atoms with Gasteiger partial charge in [-0.05, 0) is 128 Å². The van der Waals surface area contributed by atoms with Gasteiger partial charge in [-0.25, -0.2) is 0 Å². The average Bonchev–Trinajstić information content (AvgIpc) is 3.46. The maximum absolute atomic E-state index is 12.9. The first-order valence-corrected chi connectivity index (χ1v) is 33.5. The first kappa shape index (κ1) is 75.8. The Labute approximate surface area is 494 Å². The molecule has 80 heavy (non-hydrogen) atoms. The molecule has 0 saturated carbocycles. The van der Waals surface area contributed by atoms with Crippen LogP contribution in [0.3, 0.4) is 0 Å². The smallest absolute Gasteiger partial charge is 0.306 e. The summed E-state index contributed by atoms with van der Waals surface area (Å²) in [6.07, 6.45) is 93.5. The molecule has 0 aromatic carbocycles. The second kappa shape index (κ2) is 67.3. The zero-order valence-corrected chi connectivity index (χ0v) is 52.3. The largest absolute Gasteiger partial charge is 0.462 e.